The van der Waals surface area contributed by atoms with Gasteiger partial charge in [0.05, 0.1) is 7.11 Å². The largest absolute Gasteiger partial charge is 0.497 e. The quantitative estimate of drug-likeness (QED) is 0.597. The van der Waals surface area contributed by atoms with Gasteiger partial charge in [-0.25, -0.2) is 0 Å². The molecule has 0 saturated heterocycles. The SMILES string of the molecule is COc1ccc(C(=O)CCNCCc2ccccc2)cc1. The van der Waals surface area contributed by atoms with Crippen LogP contribution in [0.25, 0.3) is 0 Å². The summed E-state index contributed by atoms with van der Waals surface area (Å²) in [6.07, 6.45) is 1.50. The van der Waals surface area contributed by atoms with Gasteiger partial charge in [-0.2, -0.15) is 0 Å². The van der Waals surface area contributed by atoms with Gasteiger partial charge < -0.3 is 10.1 Å². The molecule has 110 valence electrons. The number of nitrogens with one attached hydrogen (secondary N) is 1. The van der Waals surface area contributed by atoms with Crippen LogP contribution in [-0.2, 0) is 6.42 Å². The third-order valence-electron chi connectivity index (χ3n) is 3.37. The Kier molecular flexibility index (Phi) is 5.98. The van der Waals surface area contributed by atoms with Crippen molar-refractivity contribution in [3.8, 4) is 5.75 Å². The minimum Gasteiger partial charge on any atom is -0.497 e. The smallest absolute Gasteiger partial charge is 0.164 e. The molecule has 0 amide bonds. The van der Waals surface area contributed by atoms with Gasteiger partial charge in [-0.15, -0.1) is 0 Å². The van der Waals surface area contributed by atoms with Crippen LogP contribution < -0.4 is 10.1 Å². The molecular weight excluding hydrogens is 262 g/mol. The van der Waals surface area contributed by atoms with E-state index < -0.39 is 0 Å². The zero-order valence-corrected chi connectivity index (χ0v) is 12.3. The first-order valence-corrected chi connectivity index (χ1v) is 7.21. The molecule has 2 rings (SSSR count). The van der Waals surface area contributed by atoms with E-state index in [9.17, 15) is 4.79 Å². The van der Waals surface area contributed by atoms with Crippen LogP contribution in [0, 0.1) is 0 Å². The van der Waals surface area contributed by atoms with Crippen molar-refractivity contribution in [3.63, 3.8) is 0 Å². The highest BCUT2D eigenvalue weighted by Gasteiger charge is 2.05. The molecule has 0 aliphatic rings. The van der Waals surface area contributed by atoms with Crippen molar-refractivity contribution < 1.29 is 9.53 Å². The number of hydrogen-bond acceptors (Lipinski definition) is 3. The van der Waals surface area contributed by atoms with Crippen LogP contribution in [0.3, 0.4) is 0 Å². The Morgan fingerprint density at radius 3 is 2.38 bits per heavy atom. The number of methoxy groups -OCH3 is 1. The molecule has 0 bridgehead atoms. The average Bonchev–Trinajstić information content (AvgIpc) is 2.55. The lowest BCUT2D eigenvalue weighted by atomic mass is 10.1. The summed E-state index contributed by atoms with van der Waals surface area (Å²) in [5, 5.41) is 3.31. The number of benzene rings is 2. The molecule has 1 N–H and O–H groups in total. The summed E-state index contributed by atoms with van der Waals surface area (Å²) < 4.78 is 5.08. The Balaban J connectivity index is 1.67. The first-order valence-electron chi connectivity index (χ1n) is 7.21. The number of ether oxygens (including phenoxy) is 1. The third-order valence-corrected chi connectivity index (χ3v) is 3.37. The van der Waals surface area contributed by atoms with Crippen LogP contribution in [0.5, 0.6) is 5.75 Å². The van der Waals surface area contributed by atoms with E-state index in [0.29, 0.717) is 13.0 Å². The van der Waals surface area contributed by atoms with Crippen molar-refractivity contribution in [2.45, 2.75) is 12.8 Å². The second-order valence-corrected chi connectivity index (χ2v) is 4.89. The first-order chi connectivity index (χ1) is 10.3. The molecule has 2 aromatic rings. The Morgan fingerprint density at radius 2 is 1.71 bits per heavy atom. The second-order valence-electron chi connectivity index (χ2n) is 4.89. The minimum absolute atomic E-state index is 0.157. The predicted molar refractivity (Wildman–Crippen MR) is 85.0 cm³/mol. The van der Waals surface area contributed by atoms with Crippen molar-refractivity contribution in [2.24, 2.45) is 0 Å². The molecule has 0 atom stereocenters. The lowest BCUT2D eigenvalue weighted by molar-refractivity contribution is 0.0982. The van der Waals surface area contributed by atoms with Crippen LogP contribution in [0.1, 0.15) is 22.3 Å². The molecule has 2 aromatic carbocycles. The predicted octanol–water partition coefficient (Wildman–Crippen LogP) is 3.10. The lowest BCUT2D eigenvalue weighted by Gasteiger charge is -2.05. The summed E-state index contributed by atoms with van der Waals surface area (Å²) >= 11 is 0. The molecular formula is C18H21NO2. The Labute approximate surface area is 126 Å². The van der Waals surface area contributed by atoms with E-state index in [2.05, 4.69) is 17.4 Å². The fourth-order valence-corrected chi connectivity index (χ4v) is 2.13. The standard InChI is InChI=1S/C18H21NO2/c1-21-17-9-7-16(8-10-17)18(20)12-14-19-13-11-15-5-3-2-4-6-15/h2-10,19H,11-14H2,1H3. The fourth-order valence-electron chi connectivity index (χ4n) is 2.13. The number of hydrogen-bond donors (Lipinski definition) is 1. The van der Waals surface area contributed by atoms with Crippen LogP contribution in [0.4, 0.5) is 0 Å². The highest BCUT2D eigenvalue weighted by molar-refractivity contribution is 5.96. The van der Waals surface area contributed by atoms with Crippen LogP contribution in [0.15, 0.2) is 54.6 Å². The van der Waals surface area contributed by atoms with Gasteiger partial charge >= 0.3 is 0 Å². The lowest BCUT2D eigenvalue weighted by Crippen LogP contribution is -2.21. The fraction of sp³-hybridized carbons (Fsp3) is 0.278. The first kappa shape index (κ1) is 15.3. The van der Waals surface area contributed by atoms with Crippen LogP contribution >= 0.6 is 0 Å². The topological polar surface area (TPSA) is 38.3 Å². The minimum atomic E-state index is 0.157. The van der Waals surface area contributed by atoms with E-state index in [1.54, 1.807) is 7.11 Å². The van der Waals surface area contributed by atoms with Gasteiger partial charge in [0.15, 0.2) is 5.78 Å². The van der Waals surface area contributed by atoms with Crippen molar-refractivity contribution in [1.29, 1.82) is 0 Å². The maximum absolute atomic E-state index is 12.0. The van der Waals surface area contributed by atoms with E-state index in [0.717, 1.165) is 24.3 Å². The summed E-state index contributed by atoms with van der Waals surface area (Å²) in [6.45, 7) is 1.59. The van der Waals surface area contributed by atoms with Gasteiger partial charge in [-0.1, -0.05) is 30.3 Å². The maximum Gasteiger partial charge on any atom is 0.164 e. The van der Waals surface area contributed by atoms with E-state index in [1.165, 1.54) is 5.56 Å². The number of ketones is 1. The Morgan fingerprint density at radius 1 is 1.00 bits per heavy atom. The van der Waals surface area contributed by atoms with Crippen molar-refractivity contribution in [2.75, 3.05) is 20.2 Å². The molecule has 0 saturated carbocycles. The van der Waals surface area contributed by atoms with Crippen LogP contribution in [-0.4, -0.2) is 26.0 Å². The normalized spacial score (nSPS) is 10.3. The van der Waals surface area contributed by atoms with Gasteiger partial charge in [-0.05, 0) is 42.8 Å². The second kappa shape index (κ2) is 8.22. The van der Waals surface area contributed by atoms with Crippen LogP contribution in [0.2, 0.25) is 0 Å². The van der Waals surface area contributed by atoms with Gasteiger partial charge in [0.1, 0.15) is 5.75 Å². The molecule has 0 heterocycles. The van der Waals surface area contributed by atoms with Crippen molar-refractivity contribution >= 4 is 5.78 Å². The summed E-state index contributed by atoms with van der Waals surface area (Å²) in [5.41, 5.74) is 2.05. The number of Topliss-reactive ketones (excluding diaryl/α,β-unsaturated/α-hetero) is 1. The molecule has 0 aliphatic heterocycles. The average molecular weight is 283 g/mol. The monoisotopic (exact) mass is 283 g/mol. The highest BCUT2D eigenvalue weighted by atomic mass is 16.5. The van der Waals surface area contributed by atoms with E-state index in [1.807, 2.05) is 42.5 Å². The molecule has 21 heavy (non-hydrogen) atoms. The zero-order valence-electron chi connectivity index (χ0n) is 12.3. The van der Waals surface area contributed by atoms with E-state index in [-0.39, 0.29) is 5.78 Å². The van der Waals surface area contributed by atoms with Gasteiger partial charge in [-0.3, -0.25) is 4.79 Å². The molecule has 0 aliphatic carbocycles. The number of carbonyl (C=O) groups is 1. The van der Waals surface area contributed by atoms with Gasteiger partial charge in [0, 0.05) is 18.5 Å². The maximum atomic E-state index is 12.0. The van der Waals surface area contributed by atoms with Crippen molar-refractivity contribution in [3.05, 3.63) is 65.7 Å². The van der Waals surface area contributed by atoms with E-state index >= 15 is 0 Å². The molecule has 0 spiro atoms. The van der Waals surface area contributed by atoms with Gasteiger partial charge in [0.2, 0.25) is 0 Å². The summed E-state index contributed by atoms with van der Waals surface area (Å²) in [5.74, 6) is 0.928. The third kappa shape index (κ3) is 5.04. The summed E-state index contributed by atoms with van der Waals surface area (Å²) in [7, 11) is 1.62. The molecule has 0 radical (unpaired) electrons. The highest BCUT2D eigenvalue weighted by Crippen LogP contribution is 2.12. The van der Waals surface area contributed by atoms with E-state index in [4.69, 9.17) is 4.74 Å². The number of carbonyl (C=O) groups excluding carboxylic acids is 1. The van der Waals surface area contributed by atoms with Crippen molar-refractivity contribution in [1.82, 2.24) is 5.32 Å². The molecule has 0 fully saturated rings. The molecule has 0 unspecified atom stereocenters. The Bertz CT molecular complexity index is 549. The molecule has 3 heteroatoms. The zero-order chi connectivity index (χ0) is 14.9. The number of rotatable bonds is 8. The summed E-state index contributed by atoms with van der Waals surface area (Å²) in [6, 6.07) is 17.6. The Hall–Kier alpha value is -2.13. The molecule has 0 aromatic heterocycles. The summed E-state index contributed by atoms with van der Waals surface area (Å²) in [4.78, 5) is 12.0. The molecule has 3 nitrogen and oxygen atoms in total. The van der Waals surface area contributed by atoms with Gasteiger partial charge in [0.25, 0.3) is 0 Å².